The smallest absolute Gasteiger partial charge is 0.360 e. The van der Waals surface area contributed by atoms with Crippen LogP contribution in [-0.2, 0) is 11.0 Å². The van der Waals surface area contributed by atoms with Gasteiger partial charge in [0.1, 0.15) is 0 Å². The van der Waals surface area contributed by atoms with E-state index in [0.717, 1.165) is 22.2 Å². The summed E-state index contributed by atoms with van der Waals surface area (Å²) in [6, 6.07) is 13.0. The lowest BCUT2D eigenvalue weighted by atomic mass is 10.1. The quantitative estimate of drug-likeness (QED) is 0.857. The maximum Gasteiger partial charge on any atom is 0.416 e. The van der Waals surface area contributed by atoms with Gasteiger partial charge in [-0.05, 0) is 42.8 Å². The molecule has 2 N–H and O–H groups in total. The van der Waals surface area contributed by atoms with Crippen LogP contribution in [0.2, 0.25) is 0 Å². The summed E-state index contributed by atoms with van der Waals surface area (Å²) in [6.45, 7) is 4.97. The fraction of sp³-hybridized carbons (Fsp3) is 0.350. The van der Waals surface area contributed by atoms with Crippen LogP contribution in [0.25, 0.3) is 0 Å². The largest absolute Gasteiger partial charge is 0.416 e. The fourth-order valence-corrected chi connectivity index (χ4v) is 3.29. The second-order valence-corrected chi connectivity index (χ2v) is 6.88. The van der Waals surface area contributed by atoms with E-state index >= 15 is 0 Å². The van der Waals surface area contributed by atoms with Gasteiger partial charge in [0.05, 0.1) is 31.7 Å². The summed E-state index contributed by atoms with van der Waals surface area (Å²) in [4.78, 5) is 15.3. The molecule has 1 aliphatic heterocycles. The van der Waals surface area contributed by atoms with Gasteiger partial charge in [-0.1, -0.05) is 18.2 Å². The Morgan fingerprint density at radius 3 is 2.48 bits per heavy atom. The Hall–Kier alpha value is -2.54. The molecule has 0 spiro atoms. The maximum atomic E-state index is 12.9. The summed E-state index contributed by atoms with van der Waals surface area (Å²) in [5, 5.41) is 2.90. The molecule has 0 aromatic heterocycles. The van der Waals surface area contributed by atoms with Crippen molar-refractivity contribution >= 4 is 17.3 Å². The SMILES string of the molecule is Cc1cccc(NC(=O)C[NH+]2CCN(c3cccc(C(F)(F)F)c3)CC2)c1. The zero-order chi connectivity index (χ0) is 19.4. The number of hydrogen-bond donors (Lipinski definition) is 2. The van der Waals surface area contributed by atoms with Crippen molar-refractivity contribution in [3.63, 3.8) is 0 Å². The van der Waals surface area contributed by atoms with Crippen molar-refractivity contribution in [2.24, 2.45) is 0 Å². The van der Waals surface area contributed by atoms with Crippen LogP contribution in [0.1, 0.15) is 11.1 Å². The van der Waals surface area contributed by atoms with E-state index in [1.165, 1.54) is 12.1 Å². The highest BCUT2D eigenvalue weighted by Crippen LogP contribution is 2.31. The molecule has 2 aromatic rings. The number of halogens is 3. The number of quaternary nitrogens is 1. The van der Waals surface area contributed by atoms with E-state index in [4.69, 9.17) is 0 Å². The minimum absolute atomic E-state index is 0.0527. The van der Waals surface area contributed by atoms with Gasteiger partial charge in [0.15, 0.2) is 6.54 Å². The number of rotatable bonds is 4. The second kappa shape index (κ2) is 8.00. The minimum atomic E-state index is -4.34. The number of alkyl halides is 3. The summed E-state index contributed by atoms with van der Waals surface area (Å²) < 4.78 is 38.6. The normalized spacial score (nSPS) is 15.6. The predicted octanol–water partition coefficient (Wildman–Crippen LogP) is 2.36. The Morgan fingerprint density at radius 2 is 1.81 bits per heavy atom. The van der Waals surface area contributed by atoms with Crippen LogP contribution >= 0.6 is 0 Å². The molecule has 0 saturated carbocycles. The third kappa shape index (κ3) is 5.23. The van der Waals surface area contributed by atoms with Gasteiger partial charge in [-0.3, -0.25) is 4.79 Å². The number of aryl methyl sites for hydroxylation is 1. The average Bonchev–Trinajstić information content (AvgIpc) is 2.62. The molecular formula is C20H23F3N3O+. The van der Waals surface area contributed by atoms with Gasteiger partial charge in [0.25, 0.3) is 5.91 Å². The van der Waals surface area contributed by atoms with E-state index in [9.17, 15) is 18.0 Å². The molecule has 0 atom stereocenters. The van der Waals surface area contributed by atoms with E-state index in [1.54, 1.807) is 6.07 Å². The Bertz CT molecular complexity index is 799. The zero-order valence-electron chi connectivity index (χ0n) is 15.1. The van der Waals surface area contributed by atoms with Crippen molar-refractivity contribution in [3.8, 4) is 0 Å². The molecule has 0 aliphatic carbocycles. The standard InChI is InChI=1S/C20H22F3N3O/c1-15-4-2-6-17(12-15)24-19(27)14-25-8-10-26(11-9-25)18-7-3-5-16(13-18)20(21,22)23/h2-7,12-13H,8-11,14H2,1H3,(H,24,27)/p+1. The number of amides is 1. The van der Waals surface area contributed by atoms with Crippen LogP contribution in [-0.4, -0.2) is 38.6 Å². The van der Waals surface area contributed by atoms with Crippen LogP contribution in [0.15, 0.2) is 48.5 Å². The highest BCUT2D eigenvalue weighted by Gasteiger charge is 2.31. The molecule has 1 amide bonds. The minimum Gasteiger partial charge on any atom is -0.360 e. The highest BCUT2D eigenvalue weighted by atomic mass is 19.4. The van der Waals surface area contributed by atoms with Crippen molar-refractivity contribution in [1.82, 2.24) is 0 Å². The Balaban J connectivity index is 1.52. The lowest BCUT2D eigenvalue weighted by Gasteiger charge is -2.33. The summed E-state index contributed by atoms with van der Waals surface area (Å²) in [5.74, 6) is -0.0527. The molecule has 1 saturated heterocycles. The second-order valence-electron chi connectivity index (χ2n) is 6.88. The number of carbonyl (C=O) groups is 1. The molecule has 3 rings (SSSR count). The first-order valence-corrected chi connectivity index (χ1v) is 8.93. The fourth-order valence-electron chi connectivity index (χ4n) is 3.29. The van der Waals surface area contributed by atoms with Crippen molar-refractivity contribution in [2.45, 2.75) is 13.1 Å². The lowest BCUT2D eigenvalue weighted by molar-refractivity contribution is -0.892. The summed E-state index contributed by atoms with van der Waals surface area (Å²) in [5.41, 5.74) is 1.80. The Kier molecular flexibility index (Phi) is 5.70. The van der Waals surface area contributed by atoms with E-state index in [1.807, 2.05) is 36.1 Å². The van der Waals surface area contributed by atoms with E-state index in [0.29, 0.717) is 38.4 Å². The van der Waals surface area contributed by atoms with Gasteiger partial charge in [0, 0.05) is 11.4 Å². The molecule has 0 unspecified atom stereocenters. The number of nitrogens with zero attached hydrogens (tertiary/aromatic N) is 1. The number of nitrogens with one attached hydrogen (secondary N) is 2. The predicted molar refractivity (Wildman–Crippen MR) is 99.0 cm³/mol. The van der Waals surface area contributed by atoms with Crippen molar-refractivity contribution in [2.75, 3.05) is 42.9 Å². The Labute approximate surface area is 156 Å². The molecule has 144 valence electrons. The van der Waals surface area contributed by atoms with Crippen LogP contribution in [0, 0.1) is 6.92 Å². The van der Waals surface area contributed by atoms with Gasteiger partial charge in [-0.15, -0.1) is 0 Å². The maximum absolute atomic E-state index is 12.9. The monoisotopic (exact) mass is 378 g/mol. The van der Waals surface area contributed by atoms with Crippen LogP contribution in [0.5, 0.6) is 0 Å². The third-order valence-electron chi connectivity index (χ3n) is 4.72. The molecular weight excluding hydrogens is 355 g/mol. The molecule has 0 bridgehead atoms. The van der Waals surface area contributed by atoms with Crippen molar-refractivity contribution in [3.05, 3.63) is 59.7 Å². The molecule has 1 aliphatic rings. The molecule has 7 heteroatoms. The van der Waals surface area contributed by atoms with Crippen molar-refractivity contribution < 1.29 is 22.9 Å². The first kappa shape index (κ1) is 19.2. The highest BCUT2D eigenvalue weighted by molar-refractivity contribution is 5.91. The zero-order valence-corrected chi connectivity index (χ0v) is 15.1. The molecule has 1 heterocycles. The topological polar surface area (TPSA) is 36.8 Å². The molecule has 0 radical (unpaired) electrons. The molecule has 1 fully saturated rings. The average molecular weight is 378 g/mol. The van der Waals surface area contributed by atoms with Crippen LogP contribution in [0.3, 0.4) is 0 Å². The first-order chi connectivity index (χ1) is 12.8. The van der Waals surface area contributed by atoms with Gasteiger partial charge < -0.3 is 15.1 Å². The number of piperazine rings is 1. The van der Waals surface area contributed by atoms with Gasteiger partial charge in [-0.25, -0.2) is 0 Å². The van der Waals surface area contributed by atoms with E-state index in [2.05, 4.69) is 5.32 Å². The summed E-state index contributed by atoms with van der Waals surface area (Å²) in [6.07, 6.45) is -4.34. The van der Waals surface area contributed by atoms with Crippen LogP contribution in [0.4, 0.5) is 24.5 Å². The van der Waals surface area contributed by atoms with Gasteiger partial charge in [-0.2, -0.15) is 13.2 Å². The number of anilines is 2. The molecule has 4 nitrogen and oxygen atoms in total. The third-order valence-corrected chi connectivity index (χ3v) is 4.72. The van der Waals surface area contributed by atoms with Gasteiger partial charge >= 0.3 is 6.18 Å². The number of hydrogen-bond acceptors (Lipinski definition) is 2. The van der Waals surface area contributed by atoms with E-state index in [-0.39, 0.29) is 5.91 Å². The van der Waals surface area contributed by atoms with Crippen molar-refractivity contribution in [1.29, 1.82) is 0 Å². The van der Waals surface area contributed by atoms with Crippen LogP contribution < -0.4 is 15.1 Å². The first-order valence-electron chi connectivity index (χ1n) is 8.93. The number of benzene rings is 2. The van der Waals surface area contributed by atoms with E-state index < -0.39 is 11.7 Å². The summed E-state index contributed by atoms with van der Waals surface area (Å²) in [7, 11) is 0. The van der Waals surface area contributed by atoms with Gasteiger partial charge in [0.2, 0.25) is 0 Å². The molecule has 2 aromatic carbocycles. The number of carbonyl (C=O) groups excluding carboxylic acids is 1. The molecule has 27 heavy (non-hydrogen) atoms. The summed E-state index contributed by atoms with van der Waals surface area (Å²) >= 11 is 0. The Morgan fingerprint density at radius 1 is 1.11 bits per heavy atom. The lowest BCUT2D eigenvalue weighted by Crippen LogP contribution is -3.15.